The Morgan fingerprint density at radius 3 is 2.66 bits per heavy atom. The highest BCUT2D eigenvalue weighted by atomic mass is 32.2. The molecule has 1 atom stereocenters. The zero-order valence-corrected chi connectivity index (χ0v) is 17.1. The van der Waals surface area contributed by atoms with Crippen LogP contribution in [0.3, 0.4) is 0 Å². The largest absolute Gasteiger partial charge is 0.504 e. The lowest BCUT2D eigenvalue weighted by Crippen LogP contribution is -2.47. The van der Waals surface area contributed by atoms with Gasteiger partial charge in [0.15, 0.2) is 21.3 Å². The number of benzene rings is 1. The summed E-state index contributed by atoms with van der Waals surface area (Å²) in [5.41, 5.74) is 0.270. The van der Waals surface area contributed by atoms with Crippen molar-refractivity contribution in [3.63, 3.8) is 0 Å². The number of phenols is 1. The summed E-state index contributed by atoms with van der Waals surface area (Å²) in [5, 5.41) is 16.4. The molecule has 154 valence electrons. The second-order valence-corrected chi connectivity index (χ2v) is 9.20. The molecule has 0 spiro atoms. The summed E-state index contributed by atoms with van der Waals surface area (Å²) in [4.78, 5) is 24.7. The van der Waals surface area contributed by atoms with Crippen molar-refractivity contribution in [3.8, 4) is 11.5 Å². The molecule has 0 bridgehead atoms. The number of amides is 2. The van der Waals surface area contributed by atoms with Gasteiger partial charge >= 0.3 is 12.0 Å². The van der Waals surface area contributed by atoms with E-state index in [1.165, 1.54) is 31.4 Å². The maximum atomic E-state index is 12.7. The Hall–Kier alpha value is -3.05. The van der Waals surface area contributed by atoms with E-state index in [9.17, 15) is 23.1 Å². The predicted octanol–water partition coefficient (Wildman–Crippen LogP) is 1.72. The highest BCUT2D eigenvalue weighted by molar-refractivity contribution is 7.93. The first-order valence-corrected chi connectivity index (χ1v) is 10.8. The molecule has 0 aliphatic carbocycles. The summed E-state index contributed by atoms with van der Waals surface area (Å²) in [6, 6.07) is 5.65. The van der Waals surface area contributed by atoms with E-state index in [4.69, 9.17) is 9.47 Å². The molecule has 1 aliphatic heterocycles. The van der Waals surface area contributed by atoms with Gasteiger partial charge in [-0.05, 0) is 29.1 Å². The number of hydrogen-bond acceptors (Lipinski definition) is 8. The molecule has 0 fully saturated rings. The normalized spacial score (nSPS) is 16.8. The van der Waals surface area contributed by atoms with Gasteiger partial charge in [0.25, 0.3) is 0 Å². The predicted molar refractivity (Wildman–Crippen MR) is 104 cm³/mol. The molecular weight excluding hydrogens is 420 g/mol. The smallest absolute Gasteiger partial charge is 0.338 e. The van der Waals surface area contributed by atoms with Crippen molar-refractivity contribution in [2.75, 3.05) is 20.0 Å². The van der Waals surface area contributed by atoms with Crippen molar-refractivity contribution < 1.29 is 32.6 Å². The zero-order valence-electron chi connectivity index (χ0n) is 15.5. The van der Waals surface area contributed by atoms with Gasteiger partial charge in [-0.2, -0.15) is 0 Å². The number of carbonyl (C=O) groups is 2. The molecule has 0 unspecified atom stereocenters. The lowest BCUT2D eigenvalue weighted by Gasteiger charge is -2.29. The van der Waals surface area contributed by atoms with Gasteiger partial charge in [0.2, 0.25) is 0 Å². The van der Waals surface area contributed by atoms with E-state index in [2.05, 4.69) is 10.6 Å². The van der Waals surface area contributed by atoms with Crippen molar-refractivity contribution >= 4 is 33.2 Å². The third-order valence-electron chi connectivity index (χ3n) is 4.23. The number of nitrogens with one attached hydrogen (secondary N) is 2. The number of methoxy groups -OCH3 is 2. The molecule has 2 amide bonds. The first-order valence-electron chi connectivity index (χ1n) is 8.29. The van der Waals surface area contributed by atoms with E-state index in [1.807, 2.05) is 0 Å². The maximum Gasteiger partial charge on any atom is 0.338 e. The first-order chi connectivity index (χ1) is 13.8. The average molecular weight is 438 g/mol. The summed E-state index contributed by atoms with van der Waals surface area (Å²) in [5.74, 6) is -1.38. The van der Waals surface area contributed by atoms with Gasteiger partial charge in [0.1, 0.15) is 4.21 Å². The van der Waals surface area contributed by atoms with Crippen LogP contribution < -0.4 is 15.4 Å². The molecule has 3 rings (SSSR count). The van der Waals surface area contributed by atoms with Gasteiger partial charge in [-0.3, -0.25) is 0 Å². The van der Waals surface area contributed by atoms with Crippen molar-refractivity contribution in [2.45, 2.75) is 10.3 Å². The van der Waals surface area contributed by atoms with Crippen LogP contribution in [0.5, 0.6) is 11.5 Å². The number of carbonyl (C=O) groups excluding carboxylic acids is 2. The second kappa shape index (κ2) is 8.13. The Balaban J connectivity index is 2.12. The Bertz CT molecular complexity index is 1080. The number of thiophene rings is 1. The molecule has 1 aromatic heterocycles. The van der Waals surface area contributed by atoms with Gasteiger partial charge in [0, 0.05) is 5.70 Å². The summed E-state index contributed by atoms with van der Waals surface area (Å²) in [6.45, 7) is 0. The van der Waals surface area contributed by atoms with E-state index < -0.39 is 33.6 Å². The lowest BCUT2D eigenvalue weighted by atomic mass is 9.95. The number of ether oxygens (including phenoxy) is 2. The molecule has 1 aliphatic rings. The number of hydrogen-bond donors (Lipinski definition) is 3. The molecule has 1 aromatic carbocycles. The van der Waals surface area contributed by atoms with Crippen LogP contribution in [0, 0.1) is 0 Å². The highest BCUT2D eigenvalue weighted by Gasteiger charge is 2.36. The average Bonchev–Trinajstić information content (AvgIpc) is 3.23. The van der Waals surface area contributed by atoms with Gasteiger partial charge in [-0.25, -0.2) is 18.0 Å². The number of rotatable bonds is 6. The SMILES string of the molecule is COC(=O)C1=C(CS(=O)(=O)c2cccs2)NC(=O)N[C@@H]1c1ccc(O)c(OC)c1. The molecule has 11 heteroatoms. The first kappa shape index (κ1) is 20.7. The van der Waals surface area contributed by atoms with Crippen molar-refractivity contribution in [1.82, 2.24) is 10.6 Å². The molecule has 3 N–H and O–H groups in total. The molecule has 29 heavy (non-hydrogen) atoms. The number of phenolic OH excluding ortho intramolecular Hbond substituents is 1. The molecule has 2 heterocycles. The minimum atomic E-state index is -3.79. The maximum absolute atomic E-state index is 12.7. The minimum Gasteiger partial charge on any atom is -0.504 e. The van der Waals surface area contributed by atoms with Crippen LogP contribution in [0.25, 0.3) is 0 Å². The van der Waals surface area contributed by atoms with Crippen LogP contribution >= 0.6 is 11.3 Å². The fraction of sp³-hybridized carbons (Fsp3) is 0.222. The van der Waals surface area contributed by atoms with Gasteiger partial charge < -0.3 is 25.2 Å². The number of aromatic hydroxyl groups is 1. The number of esters is 1. The second-order valence-electron chi connectivity index (χ2n) is 6.04. The van der Waals surface area contributed by atoms with Crippen LogP contribution in [0.1, 0.15) is 11.6 Å². The van der Waals surface area contributed by atoms with Gasteiger partial charge in [-0.15, -0.1) is 11.3 Å². The van der Waals surface area contributed by atoms with Crippen LogP contribution in [0.15, 0.2) is 51.2 Å². The van der Waals surface area contributed by atoms with E-state index in [0.717, 1.165) is 18.4 Å². The molecule has 0 saturated carbocycles. The minimum absolute atomic E-state index is 0.0556. The lowest BCUT2D eigenvalue weighted by molar-refractivity contribution is -0.136. The fourth-order valence-corrected chi connectivity index (χ4v) is 5.32. The quantitative estimate of drug-likeness (QED) is 0.585. The zero-order chi connectivity index (χ0) is 21.2. The van der Waals surface area contributed by atoms with Crippen LogP contribution in [0.2, 0.25) is 0 Å². The van der Waals surface area contributed by atoms with Gasteiger partial charge in [-0.1, -0.05) is 12.1 Å². The Morgan fingerprint density at radius 1 is 1.28 bits per heavy atom. The van der Waals surface area contributed by atoms with Gasteiger partial charge in [0.05, 0.1) is 31.6 Å². The standard InChI is InChI=1S/C18H18N2O7S2/c1-26-13-8-10(5-6-12(13)21)16-15(17(22)27-2)11(19-18(23)20-16)9-29(24,25)14-4-3-7-28-14/h3-8,16,21H,9H2,1-2H3,(H2,19,20,23)/t16-/m1/s1. The fourth-order valence-electron chi connectivity index (χ4n) is 2.91. The Morgan fingerprint density at radius 2 is 2.03 bits per heavy atom. The highest BCUT2D eigenvalue weighted by Crippen LogP contribution is 2.34. The van der Waals surface area contributed by atoms with Crippen molar-refractivity contribution in [2.24, 2.45) is 0 Å². The molecule has 0 radical (unpaired) electrons. The van der Waals surface area contributed by atoms with Crippen molar-refractivity contribution in [1.29, 1.82) is 0 Å². The Kier molecular flexibility index (Phi) is 5.80. The summed E-state index contributed by atoms with van der Waals surface area (Å²) < 4.78 is 35.4. The van der Waals surface area contributed by atoms with E-state index in [1.54, 1.807) is 11.4 Å². The Labute approximate surface area is 170 Å². The molecule has 0 saturated heterocycles. The van der Waals surface area contributed by atoms with Crippen LogP contribution in [-0.4, -0.2) is 45.5 Å². The third kappa shape index (κ3) is 4.20. The molecule has 9 nitrogen and oxygen atoms in total. The number of sulfone groups is 1. The van der Waals surface area contributed by atoms with Crippen LogP contribution in [-0.2, 0) is 19.4 Å². The monoisotopic (exact) mass is 438 g/mol. The summed E-state index contributed by atoms with van der Waals surface area (Å²) >= 11 is 1.04. The van der Waals surface area contributed by atoms with Crippen LogP contribution in [0.4, 0.5) is 4.79 Å². The third-order valence-corrected chi connectivity index (χ3v) is 7.36. The van der Waals surface area contributed by atoms with E-state index in [-0.39, 0.29) is 27.0 Å². The summed E-state index contributed by atoms with van der Waals surface area (Å²) in [6.07, 6.45) is 0. The molecule has 2 aromatic rings. The van der Waals surface area contributed by atoms with E-state index >= 15 is 0 Å². The topological polar surface area (TPSA) is 131 Å². The molecular formula is C18H18N2O7S2. The van der Waals surface area contributed by atoms with E-state index in [0.29, 0.717) is 5.56 Å². The van der Waals surface area contributed by atoms with Crippen molar-refractivity contribution in [3.05, 3.63) is 52.5 Å². The summed E-state index contributed by atoms with van der Waals surface area (Å²) in [7, 11) is -1.28. The number of urea groups is 1.